The zero-order valence-corrected chi connectivity index (χ0v) is 14.3. The summed E-state index contributed by atoms with van der Waals surface area (Å²) in [6.07, 6.45) is 1.71. The minimum atomic E-state index is -0.593. The number of ether oxygens (including phenoxy) is 1. The highest BCUT2D eigenvalue weighted by molar-refractivity contribution is 5.97. The first-order valence-electron chi connectivity index (χ1n) is 8.49. The quantitative estimate of drug-likeness (QED) is 0.521. The molecule has 4 nitrogen and oxygen atoms in total. The summed E-state index contributed by atoms with van der Waals surface area (Å²) in [5, 5.41) is 2.32. The summed E-state index contributed by atoms with van der Waals surface area (Å²) in [6.45, 7) is 1.95. The van der Waals surface area contributed by atoms with Crippen molar-refractivity contribution in [3.8, 4) is 11.1 Å². The number of carbonyl (C=O) groups excluding carboxylic acids is 1. The zero-order valence-electron chi connectivity index (χ0n) is 14.3. The van der Waals surface area contributed by atoms with Crippen LogP contribution in [0.4, 0.5) is 0 Å². The number of pyridine rings is 2. The van der Waals surface area contributed by atoms with Gasteiger partial charge in [0.1, 0.15) is 5.56 Å². The molecule has 0 bridgehead atoms. The molecule has 0 aliphatic rings. The Morgan fingerprint density at radius 3 is 2.65 bits per heavy atom. The molecule has 0 radical (unpaired) electrons. The fourth-order valence-electron chi connectivity index (χ4n) is 3.21. The number of hydrogen-bond donors (Lipinski definition) is 0. The number of rotatable bonds is 3. The molecule has 128 valence electrons. The number of carbonyl (C=O) groups is 1. The van der Waals surface area contributed by atoms with Gasteiger partial charge in [-0.1, -0.05) is 42.5 Å². The van der Waals surface area contributed by atoms with Gasteiger partial charge in [0.25, 0.3) is 5.56 Å². The summed E-state index contributed by atoms with van der Waals surface area (Å²) < 4.78 is 6.42. The third-order valence-corrected chi connectivity index (χ3v) is 4.45. The van der Waals surface area contributed by atoms with Crippen LogP contribution in [0.15, 0.2) is 77.7 Å². The Balaban J connectivity index is 1.88. The van der Waals surface area contributed by atoms with Gasteiger partial charge in [-0.3, -0.25) is 9.20 Å². The van der Waals surface area contributed by atoms with Crippen molar-refractivity contribution in [1.29, 1.82) is 0 Å². The van der Waals surface area contributed by atoms with E-state index in [1.807, 2.05) is 30.3 Å². The lowest BCUT2D eigenvalue weighted by atomic mass is 9.98. The molecule has 0 atom stereocenters. The van der Waals surface area contributed by atoms with E-state index in [0.29, 0.717) is 0 Å². The summed E-state index contributed by atoms with van der Waals surface area (Å²) in [5.74, 6) is -0.593. The van der Waals surface area contributed by atoms with Gasteiger partial charge < -0.3 is 4.74 Å². The molecular formula is C22H17NO3. The van der Waals surface area contributed by atoms with E-state index in [2.05, 4.69) is 24.3 Å². The van der Waals surface area contributed by atoms with Crippen LogP contribution in [-0.2, 0) is 4.74 Å². The molecule has 2 aromatic heterocycles. The van der Waals surface area contributed by atoms with Crippen molar-refractivity contribution in [3.05, 3.63) is 88.8 Å². The fraction of sp³-hybridized carbons (Fsp3) is 0.0909. The Hall–Kier alpha value is -3.40. The molecule has 4 rings (SSSR count). The molecular weight excluding hydrogens is 326 g/mol. The second-order valence-electron chi connectivity index (χ2n) is 6.01. The maximum absolute atomic E-state index is 12.6. The number of nitrogens with zero attached hydrogens (tertiary/aromatic N) is 1. The topological polar surface area (TPSA) is 47.8 Å². The molecule has 0 N–H and O–H groups in total. The first-order chi connectivity index (χ1) is 12.7. The van der Waals surface area contributed by atoms with Crippen LogP contribution >= 0.6 is 0 Å². The summed E-state index contributed by atoms with van der Waals surface area (Å²) in [4.78, 5) is 24.5. The van der Waals surface area contributed by atoms with E-state index < -0.39 is 5.97 Å². The predicted molar refractivity (Wildman–Crippen MR) is 103 cm³/mol. The van der Waals surface area contributed by atoms with Crippen molar-refractivity contribution in [2.75, 3.05) is 6.61 Å². The predicted octanol–water partition coefficient (Wildman–Crippen LogP) is 4.30. The minimum absolute atomic E-state index is 0.0438. The summed E-state index contributed by atoms with van der Waals surface area (Å²) >= 11 is 0. The van der Waals surface area contributed by atoms with E-state index >= 15 is 0 Å². The first-order valence-corrected chi connectivity index (χ1v) is 8.49. The standard InChI is InChI=1S/C22H17NO3/c1-2-26-22(25)20-11-10-17-14-16(12-13-23(17)21(20)24)19-9-5-7-15-6-3-4-8-18(15)19/h3-14H,2H2,1H3. The van der Waals surface area contributed by atoms with Crippen LogP contribution in [-0.4, -0.2) is 17.0 Å². The van der Waals surface area contributed by atoms with Crippen LogP contribution < -0.4 is 5.56 Å². The third-order valence-electron chi connectivity index (χ3n) is 4.45. The molecule has 0 amide bonds. The molecule has 0 aliphatic heterocycles. The highest BCUT2D eigenvalue weighted by Crippen LogP contribution is 2.29. The molecule has 0 saturated heterocycles. The molecule has 0 aliphatic carbocycles. The van der Waals surface area contributed by atoms with Crippen LogP contribution in [0.2, 0.25) is 0 Å². The number of aromatic nitrogens is 1. The lowest BCUT2D eigenvalue weighted by Gasteiger charge is -2.10. The van der Waals surface area contributed by atoms with E-state index in [-0.39, 0.29) is 17.7 Å². The van der Waals surface area contributed by atoms with Gasteiger partial charge in [0, 0.05) is 11.7 Å². The number of fused-ring (bicyclic) bond motifs is 2. The van der Waals surface area contributed by atoms with Gasteiger partial charge in [-0.25, -0.2) is 4.79 Å². The van der Waals surface area contributed by atoms with Crippen molar-refractivity contribution in [1.82, 2.24) is 4.40 Å². The zero-order chi connectivity index (χ0) is 18.1. The van der Waals surface area contributed by atoms with Gasteiger partial charge in [0.05, 0.1) is 6.61 Å². The fourth-order valence-corrected chi connectivity index (χ4v) is 3.21. The maximum Gasteiger partial charge on any atom is 0.343 e. The van der Waals surface area contributed by atoms with E-state index in [9.17, 15) is 9.59 Å². The van der Waals surface area contributed by atoms with Crippen molar-refractivity contribution in [3.63, 3.8) is 0 Å². The second kappa shape index (κ2) is 6.48. The average molecular weight is 343 g/mol. The first kappa shape index (κ1) is 16.1. The van der Waals surface area contributed by atoms with Gasteiger partial charge in [0.15, 0.2) is 0 Å². The smallest absolute Gasteiger partial charge is 0.343 e. The van der Waals surface area contributed by atoms with Crippen molar-refractivity contribution >= 4 is 22.3 Å². The Bertz CT molecular complexity index is 1190. The van der Waals surface area contributed by atoms with Gasteiger partial charge in [-0.15, -0.1) is 0 Å². The van der Waals surface area contributed by atoms with Crippen LogP contribution in [0.1, 0.15) is 17.3 Å². The number of benzene rings is 2. The Labute approximate surface area is 150 Å². The number of esters is 1. The average Bonchev–Trinajstić information content (AvgIpc) is 2.67. The Morgan fingerprint density at radius 2 is 1.81 bits per heavy atom. The summed E-state index contributed by atoms with van der Waals surface area (Å²) in [5.41, 5.74) is 2.53. The van der Waals surface area contributed by atoms with Crippen molar-refractivity contribution in [2.24, 2.45) is 0 Å². The van der Waals surface area contributed by atoms with Gasteiger partial charge in [-0.2, -0.15) is 0 Å². The highest BCUT2D eigenvalue weighted by Gasteiger charge is 2.13. The van der Waals surface area contributed by atoms with Crippen molar-refractivity contribution in [2.45, 2.75) is 6.92 Å². The normalized spacial score (nSPS) is 11.0. The largest absolute Gasteiger partial charge is 0.462 e. The van der Waals surface area contributed by atoms with E-state index in [1.54, 1.807) is 19.2 Å². The van der Waals surface area contributed by atoms with Gasteiger partial charge >= 0.3 is 5.97 Å². The molecule has 4 heteroatoms. The third kappa shape index (κ3) is 2.65. The number of hydrogen-bond acceptors (Lipinski definition) is 3. The molecule has 2 aromatic carbocycles. The Morgan fingerprint density at radius 1 is 1.00 bits per heavy atom. The van der Waals surface area contributed by atoms with Crippen LogP contribution in [0.25, 0.3) is 27.4 Å². The van der Waals surface area contributed by atoms with E-state index in [1.165, 1.54) is 15.9 Å². The molecule has 0 spiro atoms. The lowest BCUT2D eigenvalue weighted by Crippen LogP contribution is -2.23. The molecule has 0 saturated carbocycles. The van der Waals surface area contributed by atoms with Crippen molar-refractivity contribution < 1.29 is 9.53 Å². The molecule has 4 aromatic rings. The monoisotopic (exact) mass is 343 g/mol. The molecule has 0 unspecified atom stereocenters. The van der Waals surface area contributed by atoms with Crippen LogP contribution in [0.5, 0.6) is 0 Å². The SMILES string of the molecule is CCOC(=O)c1ccc2cc(-c3cccc4ccccc34)ccn2c1=O. The van der Waals surface area contributed by atoms with Gasteiger partial charge in [0.2, 0.25) is 0 Å². The van der Waals surface area contributed by atoms with E-state index in [0.717, 1.165) is 22.0 Å². The van der Waals surface area contributed by atoms with E-state index in [4.69, 9.17) is 4.74 Å². The molecule has 26 heavy (non-hydrogen) atoms. The maximum atomic E-state index is 12.6. The molecule has 0 fully saturated rings. The molecule has 2 heterocycles. The summed E-state index contributed by atoms with van der Waals surface area (Å²) in [7, 11) is 0. The minimum Gasteiger partial charge on any atom is -0.462 e. The second-order valence-corrected chi connectivity index (χ2v) is 6.01. The van der Waals surface area contributed by atoms with Crippen LogP contribution in [0.3, 0.4) is 0 Å². The van der Waals surface area contributed by atoms with Crippen LogP contribution in [0, 0.1) is 0 Å². The van der Waals surface area contributed by atoms with Gasteiger partial charge in [-0.05, 0) is 53.1 Å². The summed E-state index contributed by atoms with van der Waals surface area (Å²) in [6, 6.07) is 21.5. The lowest BCUT2D eigenvalue weighted by molar-refractivity contribution is 0.0524. The highest BCUT2D eigenvalue weighted by atomic mass is 16.5. The Kier molecular flexibility index (Phi) is 4.01.